The zero-order chi connectivity index (χ0) is 19.3. The Labute approximate surface area is 154 Å². The molecule has 1 aromatic carbocycles. The molecule has 7 nitrogen and oxygen atoms in total. The Morgan fingerprint density at radius 1 is 1.27 bits per heavy atom. The first-order valence-electron chi connectivity index (χ1n) is 8.70. The molecule has 1 atom stereocenters. The summed E-state index contributed by atoms with van der Waals surface area (Å²) in [4.78, 5) is 27.8. The van der Waals surface area contributed by atoms with Crippen LogP contribution in [0, 0.1) is 0 Å². The first-order chi connectivity index (χ1) is 12.3. The van der Waals surface area contributed by atoms with Crippen LogP contribution < -0.4 is 9.64 Å². The van der Waals surface area contributed by atoms with Crippen LogP contribution in [0.5, 0.6) is 5.75 Å². The van der Waals surface area contributed by atoms with Gasteiger partial charge in [0.2, 0.25) is 11.8 Å². The van der Waals surface area contributed by atoms with E-state index >= 15 is 0 Å². The maximum Gasteiger partial charge on any atom is 0.224 e. The van der Waals surface area contributed by atoms with Crippen molar-refractivity contribution in [2.45, 2.75) is 32.7 Å². The molecular formula is C18H26N2O5S. The van der Waals surface area contributed by atoms with Crippen molar-refractivity contribution in [3.8, 4) is 5.75 Å². The van der Waals surface area contributed by atoms with Crippen molar-refractivity contribution >= 4 is 27.3 Å². The van der Waals surface area contributed by atoms with Crippen molar-refractivity contribution in [1.82, 2.24) is 4.90 Å². The van der Waals surface area contributed by atoms with Crippen molar-refractivity contribution in [3.05, 3.63) is 24.3 Å². The first-order valence-corrected chi connectivity index (χ1v) is 10.5. The monoisotopic (exact) mass is 382 g/mol. The van der Waals surface area contributed by atoms with Gasteiger partial charge in [0.25, 0.3) is 0 Å². The molecule has 1 unspecified atom stereocenters. The van der Waals surface area contributed by atoms with Gasteiger partial charge >= 0.3 is 0 Å². The van der Waals surface area contributed by atoms with Crippen molar-refractivity contribution in [2.24, 2.45) is 0 Å². The standard InChI is InChI=1S/C18H26N2O5S/c1-4-19(15-10-12-26(23,24)13-15)18(22)9-11-20(14(2)21)16-7-5-6-8-17(16)25-3/h5-8,15H,4,9-13H2,1-3H3. The molecule has 2 rings (SSSR count). The Morgan fingerprint density at radius 2 is 1.96 bits per heavy atom. The summed E-state index contributed by atoms with van der Waals surface area (Å²) in [5, 5.41) is 0. The predicted molar refractivity (Wildman–Crippen MR) is 100 cm³/mol. The smallest absolute Gasteiger partial charge is 0.224 e. The number of rotatable bonds is 7. The van der Waals surface area contributed by atoms with Crippen molar-refractivity contribution < 1.29 is 22.7 Å². The van der Waals surface area contributed by atoms with Gasteiger partial charge in [0.1, 0.15) is 5.75 Å². The molecule has 0 aliphatic carbocycles. The Bertz CT molecular complexity index is 763. The number of hydrogen-bond donors (Lipinski definition) is 0. The van der Waals surface area contributed by atoms with Crippen molar-refractivity contribution in [1.29, 1.82) is 0 Å². The van der Waals surface area contributed by atoms with E-state index in [-0.39, 0.29) is 42.3 Å². The number of benzene rings is 1. The molecule has 1 saturated heterocycles. The summed E-state index contributed by atoms with van der Waals surface area (Å²) in [7, 11) is -1.53. The van der Waals surface area contributed by atoms with E-state index in [0.29, 0.717) is 24.4 Å². The van der Waals surface area contributed by atoms with Gasteiger partial charge in [0, 0.05) is 32.5 Å². The molecule has 0 radical (unpaired) electrons. The average molecular weight is 382 g/mol. The second-order valence-electron chi connectivity index (χ2n) is 6.33. The van der Waals surface area contributed by atoms with Crippen molar-refractivity contribution in [3.63, 3.8) is 0 Å². The van der Waals surface area contributed by atoms with E-state index in [1.807, 2.05) is 13.0 Å². The van der Waals surface area contributed by atoms with Crippen LogP contribution in [0.1, 0.15) is 26.7 Å². The van der Waals surface area contributed by atoms with Crippen LogP contribution in [0.25, 0.3) is 0 Å². The molecule has 0 saturated carbocycles. The molecule has 144 valence electrons. The van der Waals surface area contributed by atoms with Crippen molar-refractivity contribution in [2.75, 3.05) is 36.6 Å². The van der Waals surface area contributed by atoms with Gasteiger partial charge in [0.05, 0.1) is 24.3 Å². The van der Waals surface area contributed by atoms with E-state index in [4.69, 9.17) is 4.74 Å². The zero-order valence-electron chi connectivity index (χ0n) is 15.5. The molecule has 1 aliphatic heterocycles. The summed E-state index contributed by atoms with van der Waals surface area (Å²) in [6, 6.07) is 6.87. The molecular weight excluding hydrogens is 356 g/mol. The van der Waals surface area contributed by atoms with Gasteiger partial charge in [-0.15, -0.1) is 0 Å². The van der Waals surface area contributed by atoms with E-state index in [0.717, 1.165) is 0 Å². The van der Waals surface area contributed by atoms with Crippen LogP contribution >= 0.6 is 0 Å². The predicted octanol–water partition coefficient (Wildman–Crippen LogP) is 1.47. The van der Waals surface area contributed by atoms with Crippen LogP contribution in [0.4, 0.5) is 5.69 Å². The maximum atomic E-state index is 12.6. The van der Waals surface area contributed by atoms with Crippen LogP contribution in [0.2, 0.25) is 0 Å². The van der Waals surface area contributed by atoms with E-state index in [1.54, 1.807) is 23.1 Å². The highest BCUT2D eigenvalue weighted by Gasteiger charge is 2.34. The second kappa shape index (κ2) is 8.53. The lowest BCUT2D eigenvalue weighted by Crippen LogP contribution is -2.42. The molecule has 1 aromatic rings. The van der Waals surface area contributed by atoms with Crippen LogP contribution in [0.15, 0.2) is 24.3 Å². The number of carbonyl (C=O) groups excluding carboxylic acids is 2. The summed E-state index contributed by atoms with van der Waals surface area (Å²) >= 11 is 0. The lowest BCUT2D eigenvalue weighted by Gasteiger charge is -2.29. The van der Waals surface area contributed by atoms with E-state index in [1.165, 1.54) is 18.9 Å². The number of anilines is 1. The molecule has 1 fully saturated rings. The van der Waals surface area contributed by atoms with Gasteiger partial charge in [-0.3, -0.25) is 9.59 Å². The lowest BCUT2D eigenvalue weighted by atomic mass is 10.2. The summed E-state index contributed by atoms with van der Waals surface area (Å²) in [5.41, 5.74) is 0.613. The molecule has 0 N–H and O–H groups in total. The fourth-order valence-corrected chi connectivity index (χ4v) is 5.04. The maximum absolute atomic E-state index is 12.6. The molecule has 0 bridgehead atoms. The van der Waals surface area contributed by atoms with Crippen LogP contribution in [-0.2, 0) is 19.4 Å². The third kappa shape index (κ3) is 4.75. The number of hydrogen-bond acceptors (Lipinski definition) is 5. The fraction of sp³-hybridized carbons (Fsp3) is 0.556. The summed E-state index contributed by atoms with van der Waals surface area (Å²) in [5.74, 6) is 0.381. The van der Waals surface area contributed by atoms with Gasteiger partial charge < -0.3 is 14.5 Å². The summed E-state index contributed by atoms with van der Waals surface area (Å²) in [6.07, 6.45) is 0.604. The minimum Gasteiger partial charge on any atom is -0.495 e. The van der Waals surface area contributed by atoms with Crippen LogP contribution in [-0.4, -0.2) is 62.9 Å². The SMILES string of the molecule is CCN(C(=O)CCN(C(C)=O)c1ccccc1OC)C1CCS(=O)(=O)C1. The van der Waals surface area contributed by atoms with E-state index in [9.17, 15) is 18.0 Å². The number of nitrogens with zero attached hydrogens (tertiary/aromatic N) is 2. The van der Waals surface area contributed by atoms with Gasteiger partial charge in [0.15, 0.2) is 9.84 Å². The highest BCUT2D eigenvalue weighted by molar-refractivity contribution is 7.91. The third-order valence-corrected chi connectivity index (χ3v) is 6.37. The van der Waals surface area contributed by atoms with Gasteiger partial charge in [-0.25, -0.2) is 8.42 Å². The lowest BCUT2D eigenvalue weighted by molar-refractivity contribution is -0.132. The number of amides is 2. The summed E-state index contributed by atoms with van der Waals surface area (Å²) in [6.45, 7) is 3.95. The second-order valence-corrected chi connectivity index (χ2v) is 8.56. The minimum atomic E-state index is -3.06. The molecule has 2 amide bonds. The van der Waals surface area contributed by atoms with E-state index in [2.05, 4.69) is 0 Å². The number of para-hydroxylation sites is 2. The summed E-state index contributed by atoms with van der Waals surface area (Å²) < 4.78 is 28.7. The highest BCUT2D eigenvalue weighted by atomic mass is 32.2. The Kier molecular flexibility index (Phi) is 6.63. The Morgan fingerprint density at radius 3 is 2.50 bits per heavy atom. The highest BCUT2D eigenvalue weighted by Crippen LogP contribution is 2.28. The molecule has 0 spiro atoms. The Hall–Kier alpha value is -2.09. The number of ether oxygens (including phenoxy) is 1. The molecule has 1 aliphatic rings. The fourth-order valence-electron chi connectivity index (χ4n) is 3.31. The van der Waals surface area contributed by atoms with Gasteiger partial charge in [-0.2, -0.15) is 0 Å². The first kappa shape index (κ1) is 20.2. The third-order valence-electron chi connectivity index (χ3n) is 4.62. The molecule has 1 heterocycles. The molecule has 0 aromatic heterocycles. The van der Waals surface area contributed by atoms with Gasteiger partial charge in [-0.1, -0.05) is 12.1 Å². The van der Waals surface area contributed by atoms with Gasteiger partial charge in [-0.05, 0) is 25.5 Å². The number of methoxy groups -OCH3 is 1. The van der Waals surface area contributed by atoms with Crippen LogP contribution in [0.3, 0.4) is 0 Å². The average Bonchev–Trinajstić information content (AvgIpc) is 2.95. The number of sulfone groups is 1. The molecule has 26 heavy (non-hydrogen) atoms. The topological polar surface area (TPSA) is 84.0 Å². The quantitative estimate of drug-likeness (QED) is 0.713. The Balaban J connectivity index is 2.08. The normalized spacial score (nSPS) is 18.3. The minimum absolute atomic E-state index is 0.0233. The number of carbonyl (C=O) groups is 2. The molecule has 8 heteroatoms. The largest absolute Gasteiger partial charge is 0.495 e. The van der Waals surface area contributed by atoms with E-state index < -0.39 is 9.84 Å². The zero-order valence-corrected chi connectivity index (χ0v) is 16.3.